The molecule has 2 aliphatic rings. The fraction of sp³-hybridized carbons (Fsp3) is 0.529. The fourth-order valence-electron chi connectivity index (χ4n) is 3.64. The summed E-state index contributed by atoms with van der Waals surface area (Å²) in [7, 11) is 0. The van der Waals surface area contributed by atoms with Gasteiger partial charge in [0.25, 0.3) is 0 Å². The van der Waals surface area contributed by atoms with Gasteiger partial charge in [-0.3, -0.25) is 14.5 Å². The normalized spacial score (nSPS) is 31.5. The Morgan fingerprint density at radius 1 is 1.43 bits per heavy atom. The minimum Gasteiger partial charge on any atom is -0.464 e. The standard InChI is InChI=1S/C17H21NO5/c1-10(12-6-4-3-5-7-12)18-13-8-15(20)23-17(13)16(21)14(18)9-22-11(2)19/h3-7,10,13-14,16-17,21H,8-9H2,1-2H3/t10-,13-,14+,16-,17+/m0/s1. The van der Waals surface area contributed by atoms with E-state index in [4.69, 9.17) is 9.47 Å². The maximum absolute atomic E-state index is 11.6. The zero-order valence-electron chi connectivity index (χ0n) is 13.2. The molecule has 23 heavy (non-hydrogen) atoms. The van der Waals surface area contributed by atoms with E-state index >= 15 is 0 Å². The Morgan fingerprint density at radius 3 is 2.78 bits per heavy atom. The van der Waals surface area contributed by atoms with Crippen molar-refractivity contribution in [3.05, 3.63) is 35.9 Å². The van der Waals surface area contributed by atoms with Crippen LogP contribution in [0.25, 0.3) is 0 Å². The molecule has 0 bridgehead atoms. The smallest absolute Gasteiger partial charge is 0.307 e. The molecule has 0 amide bonds. The topological polar surface area (TPSA) is 76.1 Å². The predicted molar refractivity (Wildman–Crippen MR) is 81.4 cm³/mol. The van der Waals surface area contributed by atoms with Gasteiger partial charge < -0.3 is 14.6 Å². The Kier molecular flexibility index (Phi) is 4.37. The quantitative estimate of drug-likeness (QED) is 0.836. The van der Waals surface area contributed by atoms with E-state index in [1.807, 2.05) is 37.3 Å². The van der Waals surface area contributed by atoms with E-state index in [1.54, 1.807) is 0 Å². The molecule has 124 valence electrons. The van der Waals surface area contributed by atoms with Crippen molar-refractivity contribution < 1.29 is 24.2 Å². The third-order valence-corrected chi connectivity index (χ3v) is 4.71. The Morgan fingerprint density at radius 2 is 2.13 bits per heavy atom. The van der Waals surface area contributed by atoms with Crippen LogP contribution in [0.4, 0.5) is 0 Å². The number of ether oxygens (including phenoxy) is 2. The number of aliphatic hydroxyl groups is 1. The van der Waals surface area contributed by atoms with Crippen molar-refractivity contribution >= 4 is 11.9 Å². The average molecular weight is 319 g/mol. The van der Waals surface area contributed by atoms with Crippen molar-refractivity contribution in [3.8, 4) is 0 Å². The van der Waals surface area contributed by atoms with Gasteiger partial charge in [0.1, 0.15) is 18.8 Å². The van der Waals surface area contributed by atoms with Gasteiger partial charge in [0.2, 0.25) is 0 Å². The second-order valence-electron chi connectivity index (χ2n) is 6.12. The predicted octanol–water partition coefficient (Wildman–Crippen LogP) is 1.04. The van der Waals surface area contributed by atoms with E-state index in [0.717, 1.165) is 5.56 Å². The first-order chi connectivity index (χ1) is 11.0. The lowest BCUT2D eigenvalue weighted by molar-refractivity contribution is -0.149. The van der Waals surface area contributed by atoms with Crippen molar-refractivity contribution in [1.29, 1.82) is 0 Å². The fourth-order valence-corrected chi connectivity index (χ4v) is 3.64. The van der Waals surface area contributed by atoms with Gasteiger partial charge in [-0.25, -0.2) is 0 Å². The Labute approximate surface area is 135 Å². The van der Waals surface area contributed by atoms with E-state index in [0.29, 0.717) is 0 Å². The summed E-state index contributed by atoms with van der Waals surface area (Å²) in [5, 5.41) is 10.5. The summed E-state index contributed by atoms with van der Waals surface area (Å²) in [6, 6.07) is 9.23. The van der Waals surface area contributed by atoms with E-state index < -0.39 is 24.2 Å². The Hall–Kier alpha value is -1.92. The summed E-state index contributed by atoms with van der Waals surface area (Å²) in [6.07, 6.45) is -1.18. The molecule has 0 radical (unpaired) electrons. The number of carbonyl (C=O) groups excluding carboxylic acids is 2. The van der Waals surface area contributed by atoms with Crippen LogP contribution in [0, 0.1) is 0 Å². The molecule has 2 aliphatic heterocycles. The van der Waals surface area contributed by atoms with Crippen LogP contribution in [0.3, 0.4) is 0 Å². The molecule has 2 heterocycles. The highest BCUT2D eigenvalue weighted by Crippen LogP contribution is 2.40. The number of aliphatic hydroxyl groups excluding tert-OH is 1. The zero-order valence-corrected chi connectivity index (χ0v) is 13.2. The van der Waals surface area contributed by atoms with Gasteiger partial charge >= 0.3 is 11.9 Å². The van der Waals surface area contributed by atoms with Gasteiger partial charge in [-0.1, -0.05) is 30.3 Å². The van der Waals surface area contributed by atoms with Crippen LogP contribution in [0.1, 0.15) is 31.9 Å². The molecule has 0 spiro atoms. The molecule has 0 unspecified atom stereocenters. The monoisotopic (exact) mass is 319 g/mol. The Balaban J connectivity index is 1.88. The van der Waals surface area contributed by atoms with Crippen molar-refractivity contribution in [2.24, 2.45) is 0 Å². The van der Waals surface area contributed by atoms with E-state index in [2.05, 4.69) is 4.90 Å². The number of hydrogen-bond donors (Lipinski definition) is 1. The first-order valence-electron chi connectivity index (χ1n) is 7.82. The summed E-state index contributed by atoms with van der Waals surface area (Å²) in [4.78, 5) is 24.8. The zero-order chi connectivity index (χ0) is 16.6. The van der Waals surface area contributed by atoms with Gasteiger partial charge in [0, 0.05) is 13.0 Å². The number of likely N-dealkylation sites (tertiary alicyclic amines) is 1. The van der Waals surface area contributed by atoms with Crippen LogP contribution < -0.4 is 0 Å². The van der Waals surface area contributed by atoms with Crippen molar-refractivity contribution in [2.75, 3.05) is 6.61 Å². The van der Waals surface area contributed by atoms with E-state index in [-0.39, 0.29) is 31.1 Å². The number of hydrogen-bond acceptors (Lipinski definition) is 6. The number of fused-ring (bicyclic) bond motifs is 1. The van der Waals surface area contributed by atoms with E-state index in [9.17, 15) is 14.7 Å². The number of rotatable bonds is 4. The molecule has 2 fully saturated rings. The van der Waals surface area contributed by atoms with Gasteiger partial charge in [0.15, 0.2) is 0 Å². The summed E-state index contributed by atoms with van der Waals surface area (Å²) >= 11 is 0. The lowest BCUT2D eigenvalue weighted by Gasteiger charge is -2.34. The lowest BCUT2D eigenvalue weighted by Crippen LogP contribution is -2.44. The average Bonchev–Trinajstić information content (AvgIpc) is 3.02. The molecule has 5 atom stereocenters. The molecule has 3 rings (SSSR count). The highest BCUT2D eigenvalue weighted by molar-refractivity contribution is 5.73. The van der Waals surface area contributed by atoms with Crippen molar-refractivity contribution in [2.45, 2.75) is 50.6 Å². The number of benzene rings is 1. The van der Waals surface area contributed by atoms with Crippen molar-refractivity contribution in [3.63, 3.8) is 0 Å². The minimum absolute atomic E-state index is 0.0316. The summed E-state index contributed by atoms with van der Waals surface area (Å²) in [5.41, 5.74) is 1.08. The van der Waals surface area contributed by atoms with Gasteiger partial charge in [-0.2, -0.15) is 0 Å². The molecule has 0 aliphatic carbocycles. The number of nitrogens with zero attached hydrogens (tertiary/aromatic N) is 1. The third kappa shape index (κ3) is 2.96. The summed E-state index contributed by atoms with van der Waals surface area (Å²) < 4.78 is 10.4. The minimum atomic E-state index is -0.864. The Bertz CT molecular complexity index is 590. The highest BCUT2D eigenvalue weighted by Gasteiger charge is 2.56. The highest BCUT2D eigenvalue weighted by atomic mass is 16.6. The molecule has 1 aromatic carbocycles. The molecular weight excluding hydrogens is 298 g/mol. The molecular formula is C17H21NO5. The molecule has 6 heteroatoms. The van der Waals surface area contributed by atoms with Crippen LogP contribution >= 0.6 is 0 Å². The largest absolute Gasteiger partial charge is 0.464 e. The lowest BCUT2D eigenvalue weighted by atomic mass is 10.0. The van der Waals surface area contributed by atoms with E-state index in [1.165, 1.54) is 6.92 Å². The first kappa shape index (κ1) is 16.0. The van der Waals surface area contributed by atoms with Gasteiger partial charge in [-0.05, 0) is 12.5 Å². The van der Waals surface area contributed by atoms with Crippen LogP contribution in [-0.4, -0.2) is 52.8 Å². The van der Waals surface area contributed by atoms with Crippen LogP contribution in [0.5, 0.6) is 0 Å². The molecule has 0 saturated carbocycles. The number of esters is 2. The second kappa shape index (κ2) is 6.29. The van der Waals surface area contributed by atoms with Crippen LogP contribution in [-0.2, 0) is 19.1 Å². The van der Waals surface area contributed by atoms with Gasteiger partial charge in [-0.15, -0.1) is 0 Å². The van der Waals surface area contributed by atoms with Crippen molar-refractivity contribution in [1.82, 2.24) is 4.90 Å². The second-order valence-corrected chi connectivity index (χ2v) is 6.12. The maximum atomic E-state index is 11.6. The number of carbonyl (C=O) groups is 2. The first-order valence-corrected chi connectivity index (χ1v) is 7.82. The summed E-state index contributed by atoms with van der Waals surface area (Å²) in [5.74, 6) is -0.686. The molecule has 2 saturated heterocycles. The van der Waals surface area contributed by atoms with Gasteiger partial charge in [0.05, 0.1) is 18.5 Å². The maximum Gasteiger partial charge on any atom is 0.307 e. The molecule has 1 N–H and O–H groups in total. The summed E-state index contributed by atoms with van der Waals surface area (Å²) in [6.45, 7) is 3.44. The molecule has 1 aromatic rings. The third-order valence-electron chi connectivity index (χ3n) is 4.71. The molecule has 6 nitrogen and oxygen atoms in total. The van der Waals surface area contributed by atoms with Crippen LogP contribution in [0.15, 0.2) is 30.3 Å². The molecule has 0 aromatic heterocycles. The van der Waals surface area contributed by atoms with Crippen LogP contribution in [0.2, 0.25) is 0 Å². The SMILES string of the molecule is CC(=O)OC[C@@H]1[C@H](O)[C@@H]2OC(=O)C[C@@H]2N1[C@@H](C)c1ccccc1.